The van der Waals surface area contributed by atoms with Crippen molar-refractivity contribution in [3.8, 4) is 5.69 Å². The molecule has 5 nitrogen and oxygen atoms in total. The fourth-order valence-corrected chi connectivity index (χ4v) is 3.00. The summed E-state index contributed by atoms with van der Waals surface area (Å²) in [4.78, 5) is 0. The molecular weight excluding hydrogens is 250 g/mol. The molecule has 20 heavy (non-hydrogen) atoms. The highest BCUT2D eigenvalue weighted by molar-refractivity contribution is 5.48. The lowest BCUT2D eigenvalue weighted by atomic mass is 9.84. The molecule has 0 spiro atoms. The van der Waals surface area contributed by atoms with Gasteiger partial charge in [-0.05, 0) is 60.4 Å². The number of aromatic nitrogens is 4. The molecule has 1 heterocycles. The van der Waals surface area contributed by atoms with E-state index in [0.717, 1.165) is 11.6 Å². The summed E-state index contributed by atoms with van der Waals surface area (Å²) in [6, 6.07) is 8.79. The number of nitrogens with zero attached hydrogens (tertiary/aromatic N) is 4. The molecule has 1 aromatic carbocycles. The van der Waals surface area contributed by atoms with Crippen LogP contribution in [-0.4, -0.2) is 26.2 Å². The quantitative estimate of drug-likeness (QED) is 0.928. The summed E-state index contributed by atoms with van der Waals surface area (Å²) in [6.45, 7) is 2.30. The molecule has 1 saturated carbocycles. The van der Waals surface area contributed by atoms with E-state index in [2.05, 4.69) is 39.9 Å². The number of rotatable bonds is 4. The molecule has 0 aliphatic heterocycles. The SMILES string of the molecule is CC(Nc1ccc(-n2cnnn2)cc1)C1CCCCC1. The van der Waals surface area contributed by atoms with Gasteiger partial charge in [-0.3, -0.25) is 0 Å². The van der Waals surface area contributed by atoms with Crippen LogP contribution in [0.15, 0.2) is 30.6 Å². The Bertz CT molecular complexity index is 514. The van der Waals surface area contributed by atoms with Gasteiger partial charge in [-0.2, -0.15) is 0 Å². The van der Waals surface area contributed by atoms with Crippen molar-refractivity contribution in [2.45, 2.75) is 45.1 Å². The minimum atomic E-state index is 0.536. The van der Waals surface area contributed by atoms with Crippen LogP contribution in [0.25, 0.3) is 5.69 Å². The van der Waals surface area contributed by atoms with E-state index in [4.69, 9.17) is 0 Å². The van der Waals surface area contributed by atoms with Crippen LogP contribution in [0.2, 0.25) is 0 Å². The lowest BCUT2D eigenvalue weighted by Crippen LogP contribution is -2.27. The van der Waals surface area contributed by atoms with Gasteiger partial charge in [0.25, 0.3) is 0 Å². The number of nitrogens with one attached hydrogen (secondary N) is 1. The van der Waals surface area contributed by atoms with Gasteiger partial charge in [0.05, 0.1) is 5.69 Å². The van der Waals surface area contributed by atoms with E-state index in [0.29, 0.717) is 6.04 Å². The zero-order valence-electron chi connectivity index (χ0n) is 11.9. The second-order valence-electron chi connectivity index (χ2n) is 5.63. The number of anilines is 1. The lowest BCUT2D eigenvalue weighted by molar-refractivity contribution is 0.328. The van der Waals surface area contributed by atoms with E-state index >= 15 is 0 Å². The van der Waals surface area contributed by atoms with E-state index in [1.165, 1.54) is 37.8 Å². The molecule has 1 aliphatic carbocycles. The third kappa shape index (κ3) is 2.98. The average molecular weight is 271 g/mol. The minimum absolute atomic E-state index is 0.536. The number of benzene rings is 1. The van der Waals surface area contributed by atoms with Gasteiger partial charge in [0.2, 0.25) is 0 Å². The van der Waals surface area contributed by atoms with Crippen LogP contribution in [-0.2, 0) is 0 Å². The van der Waals surface area contributed by atoms with Crippen LogP contribution in [0.1, 0.15) is 39.0 Å². The number of hydrogen-bond donors (Lipinski definition) is 1. The maximum atomic E-state index is 3.89. The Balaban J connectivity index is 1.63. The monoisotopic (exact) mass is 271 g/mol. The van der Waals surface area contributed by atoms with E-state index in [1.807, 2.05) is 12.1 Å². The standard InChI is InChI=1S/C15H21N5/c1-12(13-5-3-2-4-6-13)17-14-7-9-15(10-8-14)20-11-16-18-19-20/h7-13,17H,2-6H2,1H3. The first-order valence-electron chi connectivity index (χ1n) is 7.43. The maximum Gasteiger partial charge on any atom is 0.143 e. The highest BCUT2D eigenvalue weighted by atomic mass is 15.5. The predicted molar refractivity (Wildman–Crippen MR) is 78.8 cm³/mol. The van der Waals surface area contributed by atoms with Crippen LogP contribution in [0.5, 0.6) is 0 Å². The molecule has 0 bridgehead atoms. The second-order valence-corrected chi connectivity index (χ2v) is 5.63. The average Bonchev–Trinajstić information content (AvgIpc) is 3.03. The highest BCUT2D eigenvalue weighted by Crippen LogP contribution is 2.28. The molecule has 1 aliphatic rings. The van der Waals surface area contributed by atoms with Crippen molar-refractivity contribution in [1.82, 2.24) is 20.2 Å². The van der Waals surface area contributed by atoms with Gasteiger partial charge in [-0.15, -0.1) is 5.10 Å². The van der Waals surface area contributed by atoms with Gasteiger partial charge in [0.1, 0.15) is 6.33 Å². The van der Waals surface area contributed by atoms with Crippen LogP contribution >= 0.6 is 0 Å². The van der Waals surface area contributed by atoms with Gasteiger partial charge in [0.15, 0.2) is 0 Å². The topological polar surface area (TPSA) is 55.6 Å². The fraction of sp³-hybridized carbons (Fsp3) is 0.533. The van der Waals surface area contributed by atoms with Crippen LogP contribution in [0, 0.1) is 5.92 Å². The summed E-state index contributed by atoms with van der Waals surface area (Å²) < 4.78 is 1.66. The summed E-state index contributed by atoms with van der Waals surface area (Å²) >= 11 is 0. The molecule has 1 fully saturated rings. The van der Waals surface area contributed by atoms with E-state index in [-0.39, 0.29) is 0 Å². The highest BCUT2D eigenvalue weighted by Gasteiger charge is 2.19. The van der Waals surface area contributed by atoms with Crippen molar-refractivity contribution in [3.05, 3.63) is 30.6 Å². The van der Waals surface area contributed by atoms with Crippen molar-refractivity contribution < 1.29 is 0 Å². The van der Waals surface area contributed by atoms with Gasteiger partial charge in [-0.25, -0.2) is 4.68 Å². The van der Waals surface area contributed by atoms with E-state index in [1.54, 1.807) is 11.0 Å². The molecule has 1 aromatic heterocycles. The lowest BCUT2D eigenvalue weighted by Gasteiger charge is -2.29. The molecule has 5 heteroatoms. The van der Waals surface area contributed by atoms with Crippen molar-refractivity contribution in [1.29, 1.82) is 0 Å². The summed E-state index contributed by atoms with van der Waals surface area (Å²) in [5.74, 6) is 0.808. The van der Waals surface area contributed by atoms with Crippen molar-refractivity contribution in [2.24, 2.45) is 5.92 Å². The Kier molecular flexibility index (Phi) is 3.95. The van der Waals surface area contributed by atoms with E-state index < -0.39 is 0 Å². The summed E-state index contributed by atoms with van der Waals surface area (Å²) in [5, 5.41) is 14.8. The van der Waals surface area contributed by atoms with E-state index in [9.17, 15) is 0 Å². The minimum Gasteiger partial charge on any atom is -0.382 e. The molecule has 0 radical (unpaired) electrons. The van der Waals surface area contributed by atoms with Crippen LogP contribution in [0.4, 0.5) is 5.69 Å². The molecule has 106 valence electrons. The second kappa shape index (κ2) is 6.03. The Morgan fingerprint density at radius 1 is 1.15 bits per heavy atom. The van der Waals surface area contributed by atoms with Crippen molar-refractivity contribution in [2.75, 3.05) is 5.32 Å². The van der Waals surface area contributed by atoms with Crippen molar-refractivity contribution in [3.63, 3.8) is 0 Å². The largest absolute Gasteiger partial charge is 0.382 e. The van der Waals surface area contributed by atoms with Crippen LogP contribution in [0.3, 0.4) is 0 Å². The number of hydrogen-bond acceptors (Lipinski definition) is 4. The van der Waals surface area contributed by atoms with Gasteiger partial charge in [0, 0.05) is 11.7 Å². The molecule has 0 amide bonds. The van der Waals surface area contributed by atoms with Crippen LogP contribution < -0.4 is 5.32 Å². The normalized spacial score (nSPS) is 17.9. The molecule has 1 atom stereocenters. The zero-order valence-corrected chi connectivity index (χ0v) is 11.9. The Hall–Kier alpha value is -1.91. The molecular formula is C15H21N5. The Morgan fingerprint density at radius 2 is 1.90 bits per heavy atom. The van der Waals surface area contributed by atoms with Gasteiger partial charge >= 0.3 is 0 Å². The zero-order chi connectivity index (χ0) is 13.8. The molecule has 1 N–H and O–H groups in total. The summed E-state index contributed by atoms with van der Waals surface area (Å²) in [6.07, 6.45) is 8.49. The first-order valence-corrected chi connectivity index (χ1v) is 7.43. The van der Waals surface area contributed by atoms with Gasteiger partial charge < -0.3 is 5.32 Å². The third-order valence-corrected chi connectivity index (χ3v) is 4.23. The maximum absolute atomic E-state index is 3.89. The Labute approximate surface area is 119 Å². The smallest absolute Gasteiger partial charge is 0.143 e. The Morgan fingerprint density at radius 3 is 2.55 bits per heavy atom. The van der Waals surface area contributed by atoms with Gasteiger partial charge in [-0.1, -0.05) is 19.3 Å². The molecule has 2 aromatic rings. The molecule has 0 saturated heterocycles. The first-order chi connectivity index (χ1) is 9.83. The number of tetrazole rings is 1. The molecule has 1 unspecified atom stereocenters. The third-order valence-electron chi connectivity index (χ3n) is 4.23. The van der Waals surface area contributed by atoms with Crippen molar-refractivity contribution >= 4 is 5.69 Å². The first kappa shape index (κ1) is 13.1. The molecule has 3 rings (SSSR count). The summed E-state index contributed by atoms with van der Waals surface area (Å²) in [7, 11) is 0. The predicted octanol–water partition coefficient (Wildman–Crippen LogP) is 3.04. The fourth-order valence-electron chi connectivity index (χ4n) is 3.00. The summed E-state index contributed by atoms with van der Waals surface area (Å²) in [5.41, 5.74) is 2.14.